The zero-order valence-corrected chi connectivity index (χ0v) is 17.2. The second-order valence-corrected chi connectivity index (χ2v) is 8.46. The number of benzene rings is 1. The van der Waals surface area contributed by atoms with Crippen molar-refractivity contribution in [2.45, 2.75) is 37.7 Å². The van der Waals surface area contributed by atoms with Crippen LogP contribution in [0.5, 0.6) is 17.2 Å². The highest BCUT2D eigenvalue weighted by Gasteiger charge is 2.54. The molecule has 0 radical (unpaired) electrons. The first-order chi connectivity index (χ1) is 15.2. The number of hydrogen-bond donors (Lipinski definition) is 3. The van der Waals surface area contributed by atoms with E-state index in [1.165, 1.54) is 16.8 Å². The molecule has 3 aliphatic rings. The SMILES string of the molecule is Cc1c(O)c(=O)ccn1CC(=O)N1CC(Oc2ccc3c(c2C(=O)O)OB(O)C2CC32)C1. The third-order valence-corrected chi connectivity index (χ3v) is 6.42. The normalized spacial score (nSPS) is 21.2. The molecule has 1 aromatic carbocycles. The summed E-state index contributed by atoms with van der Waals surface area (Å²) in [5.41, 5.74) is 0.460. The summed E-state index contributed by atoms with van der Waals surface area (Å²) in [6, 6.07) is 4.58. The van der Waals surface area contributed by atoms with Crippen molar-refractivity contribution < 1.29 is 34.2 Å². The molecule has 1 amide bonds. The zero-order chi connectivity index (χ0) is 22.7. The summed E-state index contributed by atoms with van der Waals surface area (Å²) in [6.07, 6.45) is 1.83. The van der Waals surface area contributed by atoms with E-state index in [0.717, 1.165) is 12.0 Å². The van der Waals surface area contributed by atoms with Gasteiger partial charge in [0.2, 0.25) is 11.3 Å². The Morgan fingerprint density at radius 3 is 2.75 bits per heavy atom. The molecule has 10 nitrogen and oxygen atoms in total. The molecule has 1 aromatic heterocycles. The largest absolute Gasteiger partial charge is 0.535 e. The van der Waals surface area contributed by atoms with E-state index < -0.39 is 18.5 Å². The molecule has 32 heavy (non-hydrogen) atoms. The van der Waals surface area contributed by atoms with Crippen molar-refractivity contribution in [2.24, 2.45) is 0 Å². The third-order valence-electron chi connectivity index (χ3n) is 6.42. The minimum atomic E-state index is -1.20. The fourth-order valence-electron chi connectivity index (χ4n) is 4.37. The van der Waals surface area contributed by atoms with Gasteiger partial charge in [0.05, 0.1) is 18.8 Å². The lowest BCUT2D eigenvalue weighted by molar-refractivity contribution is -0.140. The summed E-state index contributed by atoms with van der Waals surface area (Å²) in [4.78, 5) is 37.5. The lowest BCUT2D eigenvalue weighted by atomic mass is 9.77. The number of nitrogens with zero attached hydrogens (tertiary/aromatic N) is 2. The van der Waals surface area contributed by atoms with Crippen molar-refractivity contribution in [3.8, 4) is 17.2 Å². The molecule has 1 aliphatic carbocycles. The smallest absolute Gasteiger partial charge is 0.526 e. The number of ether oxygens (including phenoxy) is 1. The molecule has 1 saturated carbocycles. The highest BCUT2D eigenvalue weighted by atomic mass is 16.5. The fourth-order valence-corrected chi connectivity index (χ4v) is 4.37. The van der Waals surface area contributed by atoms with Crippen molar-refractivity contribution in [3.63, 3.8) is 0 Å². The number of aromatic nitrogens is 1. The molecular formula is C21H21BN2O8. The molecule has 11 heteroatoms. The average Bonchev–Trinajstić information content (AvgIpc) is 3.52. The molecule has 2 unspecified atom stereocenters. The molecule has 166 valence electrons. The van der Waals surface area contributed by atoms with E-state index in [1.807, 2.05) is 0 Å². The maximum absolute atomic E-state index is 12.5. The van der Waals surface area contributed by atoms with Crippen LogP contribution in [0, 0.1) is 6.92 Å². The van der Waals surface area contributed by atoms with Gasteiger partial charge in [-0.25, -0.2) is 4.79 Å². The van der Waals surface area contributed by atoms with Crippen LogP contribution in [0.1, 0.15) is 34.0 Å². The number of aromatic hydroxyl groups is 1. The highest BCUT2D eigenvalue weighted by Crippen LogP contribution is 2.60. The van der Waals surface area contributed by atoms with E-state index in [-0.39, 0.29) is 66.2 Å². The van der Waals surface area contributed by atoms with E-state index in [1.54, 1.807) is 24.0 Å². The Morgan fingerprint density at radius 1 is 1.28 bits per heavy atom. The lowest BCUT2D eigenvalue weighted by Crippen LogP contribution is -2.57. The van der Waals surface area contributed by atoms with E-state index in [4.69, 9.17) is 9.39 Å². The molecule has 2 atom stereocenters. The molecule has 1 saturated heterocycles. The van der Waals surface area contributed by atoms with Crippen molar-refractivity contribution in [3.05, 3.63) is 51.4 Å². The van der Waals surface area contributed by atoms with Crippen molar-refractivity contribution in [1.29, 1.82) is 0 Å². The molecule has 2 aromatic rings. The minimum absolute atomic E-state index is 0.00961. The predicted molar refractivity (Wildman–Crippen MR) is 111 cm³/mol. The summed E-state index contributed by atoms with van der Waals surface area (Å²) in [7, 11) is -1.02. The highest BCUT2D eigenvalue weighted by molar-refractivity contribution is 6.48. The quantitative estimate of drug-likeness (QED) is 0.574. The Balaban J connectivity index is 1.26. The summed E-state index contributed by atoms with van der Waals surface area (Å²) in [5, 5.41) is 29.5. The first-order valence-electron chi connectivity index (χ1n) is 10.3. The molecule has 0 bridgehead atoms. The van der Waals surface area contributed by atoms with Gasteiger partial charge < -0.3 is 34.1 Å². The first kappa shape index (κ1) is 20.4. The minimum Gasteiger partial charge on any atom is -0.535 e. The van der Waals surface area contributed by atoms with Gasteiger partial charge in [-0.15, -0.1) is 0 Å². The average molecular weight is 440 g/mol. The predicted octanol–water partition coefficient (Wildman–Crippen LogP) is 0.581. The first-order valence-corrected chi connectivity index (χ1v) is 10.3. The number of hydrogen-bond acceptors (Lipinski definition) is 7. The van der Waals surface area contributed by atoms with Crippen LogP contribution in [0.2, 0.25) is 5.82 Å². The van der Waals surface area contributed by atoms with Crippen LogP contribution in [0.4, 0.5) is 0 Å². The maximum Gasteiger partial charge on any atom is 0.526 e. The van der Waals surface area contributed by atoms with Gasteiger partial charge in [-0.1, -0.05) is 6.07 Å². The number of rotatable bonds is 5. The monoisotopic (exact) mass is 440 g/mol. The standard InChI is InChI=1S/C21H21BN2O8/c1-10-19(27)15(25)4-5-23(10)9-17(26)24-7-11(8-24)31-16-3-2-12-13-6-14(13)22(30)32-20(12)18(16)21(28)29/h2-5,11,13-14,27,30H,6-9H2,1H3,(H,28,29). The lowest BCUT2D eigenvalue weighted by Gasteiger charge is -2.39. The van der Waals surface area contributed by atoms with E-state index >= 15 is 0 Å². The van der Waals surface area contributed by atoms with Gasteiger partial charge in [0.1, 0.15) is 29.7 Å². The zero-order valence-electron chi connectivity index (χ0n) is 17.2. The molecule has 3 heterocycles. The van der Waals surface area contributed by atoms with Crippen molar-refractivity contribution in [2.75, 3.05) is 13.1 Å². The van der Waals surface area contributed by atoms with E-state index in [2.05, 4.69) is 0 Å². The summed E-state index contributed by atoms with van der Waals surface area (Å²) >= 11 is 0. The van der Waals surface area contributed by atoms with Crippen LogP contribution >= 0.6 is 0 Å². The Kier molecular flexibility index (Phi) is 4.66. The van der Waals surface area contributed by atoms with Crippen LogP contribution in [0.3, 0.4) is 0 Å². The number of pyridine rings is 1. The van der Waals surface area contributed by atoms with Gasteiger partial charge in [-0.3, -0.25) is 9.59 Å². The Hall–Kier alpha value is -3.47. The van der Waals surface area contributed by atoms with E-state index in [0.29, 0.717) is 5.69 Å². The van der Waals surface area contributed by atoms with Crippen molar-refractivity contribution >= 4 is 19.0 Å². The van der Waals surface area contributed by atoms with Gasteiger partial charge in [0, 0.05) is 18.1 Å². The second kappa shape index (κ2) is 7.30. The Bertz CT molecular complexity index is 1190. The topological polar surface area (TPSA) is 139 Å². The van der Waals surface area contributed by atoms with Gasteiger partial charge in [0.25, 0.3) is 0 Å². The van der Waals surface area contributed by atoms with Crippen LogP contribution in [-0.4, -0.2) is 62.9 Å². The van der Waals surface area contributed by atoms with Gasteiger partial charge in [0.15, 0.2) is 5.75 Å². The number of carbonyl (C=O) groups is 2. The fraction of sp³-hybridized carbons (Fsp3) is 0.381. The van der Waals surface area contributed by atoms with Crippen LogP contribution in [0.15, 0.2) is 29.2 Å². The maximum atomic E-state index is 12.5. The molecular weight excluding hydrogens is 419 g/mol. The van der Waals surface area contributed by atoms with E-state index in [9.17, 15) is 29.6 Å². The van der Waals surface area contributed by atoms with Crippen LogP contribution < -0.4 is 14.8 Å². The number of carbonyl (C=O) groups excluding carboxylic acids is 1. The molecule has 0 spiro atoms. The number of carboxylic acids is 1. The summed E-state index contributed by atoms with van der Waals surface area (Å²) in [5.74, 6) is -1.40. The molecule has 3 N–H and O–H groups in total. The number of carboxylic acid groups (broad SMARTS) is 1. The molecule has 5 rings (SSSR count). The number of amides is 1. The Labute approximate surface area is 182 Å². The Morgan fingerprint density at radius 2 is 2.03 bits per heavy atom. The van der Waals surface area contributed by atoms with Gasteiger partial charge >= 0.3 is 13.1 Å². The number of fused-ring (bicyclic) bond motifs is 3. The molecule has 2 fully saturated rings. The molecule has 2 aliphatic heterocycles. The summed E-state index contributed by atoms with van der Waals surface area (Å²) < 4.78 is 12.8. The third kappa shape index (κ3) is 3.29. The van der Waals surface area contributed by atoms with Crippen LogP contribution in [-0.2, 0) is 11.3 Å². The second-order valence-electron chi connectivity index (χ2n) is 8.46. The number of likely N-dealkylation sites (tertiary alicyclic amines) is 1. The van der Waals surface area contributed by atoms with Crippen molar-refractivity contribution in [1.82, 2.24) is 9.47 Å². The summed E-state index contributed by atoms with van der Waals surface area (Å²) in [6.45, 7) is 2.06. The van der Waals surface area contributed by atoms with Gasteiger partial charge in [-0.2, -0.15) is 0 Å². The number of aromatic carboxylic acids is 1. The van der Waals surface area contributed by atoms with Gasteiger partial charge in [-0.05, 0) is 30.9 Å². The van der Waals surface area contributed by atoms with Crippen LogP contribution in [0.25, 0.3) is 0 Å².